The molecule has 0 fully saturated rings. The summed E-state index contributed by atoms with van der Waals surface area (Å²) in [6, 6.07) is 9.29. The third-order valence-electron chi connectivity index (χ3n) is 2.23. The number of oxime groups is 1. The lowest BCUT2D eigenvalue weighted by molar-refractivity contribution is 0.320. The van der Waals surface area contributed by atoms with Gasteiger partial charge in [0.05, 0.1) is 0 Å². The number of benzene rings is 1. The zero-order valence-corrected chi connectivity index (χ0v) is 9.15. The second-order valence-electron chi connectivity index (χ2n) is 4.39. The zero-order chi connectivity index (χ0) is 11.5. The molecule has 15 heavy (non-hydrogen) atoms. The molecule has 0 amide bonds. The second kappa shape index (κ2) is 4.14. The van der Waals surface area contributed by atoms with Crippen molar-refractivity contribution in [1.82, 2.24) is 0 Å². The summed E-state index contributed by atoms with van der Waals surface area (Å²) in [6.45, 7) is 6.36. The molecular weight excluding hydrogens is 188 g/mol. The van der Waals surface area contributed by atoms with Crippen molar-refractivity contribution in [1.29, 1.82) is 5.26 Å². The molecule has 0 heterocycles. The standard InChI is InChI=1S/C12H14N2O/c1-12(2,3)10-6-4-9(5-7-10)11(8-13)14-15/h4-7,15H,1-3H3/b14-11+. The molecule has 0 atom stereocenters. The molecule has 0 saturated heterocycles. The van der Waals surface area contributed by atoms with E-state index in [1.165, 1.54) is 5.56 Å². The number of hydrogen-bond donors (Lipinski definition) is 1. The first-order valence-electron chi connectivity index (χ1n) is 4.72. The first kappa shape index (κ1) is 11.3. The van der Waals surface area contributed by atoms with Crippen LogP contribution in [0.1, 0.15) is 31.9 Å². The van der Waals surface area contributed by atoms with Crippen LogP contribution >= 0.6 is 0 Å². The van der Waals surface area contributed by atoms with E-state index in [1.807, 2.05) is 18.2 Å². The van der Waals surface area contributed by atoms with Crippen LogP contribution in [0.5, 0.6) is 0 Å². The first-order chi connectivity index (χ1) is 6.99. The summed E-state index contributed by atoms with van der Waals surface area (Å²) in [7, 11) is 0. The Bertz CT molecular complexity index is 405. The Morgan fingerprint density at radius 3 is 2.13 bits per heavy atom. The largest absolute Gasteiger partial charge is 0.410 e. The van der Waals surface area contributed by atoms with Crippen molar-refractivity contribution in [2.45, 2.75) is 26.2 Å². The molecule has 0 aliphatic heterocycles. The Labute approximate surface area is 89.7 Å². The molecule has 0 unspecified atom stereocenters. The molecule has 0 aliphatic rings. The Hall–Kier alpha value is -1.82. The molecule has 1 N–H and O–H groups in total. The lowest BCUT2D eigenvalue weighted by Gasteiger charge is -2.18. The van der Waals surface area contributed by atoms with E-state index in [1.54, 1.807) is 12.1 Å². The average molecular weight is 202 g/mol. The van der Waals surface area contributed by atoms with E-state index in [4.69, 9.17) is 10.5 Å². The lowest BCUT2D eigenvalue weighted by Crippen LogP contribution is -2.11. The van der Waals surface area contributed by atoms with Gasteiger partial charge >= 0.3 is 0 Å². The highest BCUT2D eigenvalue weighted by molar-refractivity contribution is 6.11. The average Bonchev–Trinajstić information content (AvgIpc) is 2.19. The van der Waals surface area contributed by atoms with Crippen molar-refractivity contribution in [3.63, 3.8) is 0 Å². The second-order valence-corrected chi connectivity index (χ2v) is 4.39. The van der Waals surface area contributed by atoms with E-state index in [2.05, 4.69) is 25.9 Å². The van der Waals surface area contributed by atoms with Gasteiger partial charge in [-0.2, -0.15) is 5.26 Å². The number of hydrogen-bond acceptors (Lipinski definition) is 3. The predicted octanol–water partition coefficient (Wildman–Crippen LogP) is 2.69. The summed E-state index contributed by atoms with van der Waals surface area (Å²) >= 11 is 0. The quantitative estimate of drug-likeness (QED) is 0.432. The van der Waals surface area contributed by atoms with Crippen LogP contribution in [-0.2, 0) is 5.41 Å². The van der Waals surface area contributed by atoms with Gasteiger partial charge in [-0.15, -0.1) is 0 Å². The molecule has 1 rings (SSSR count). The predicted molar refractivity (Wildman–Crippen MR) is 59.1 cm³/mol. The van der Waals surface area contributed by atoms with E-state index < -0.39 is 0 Å². The molecular formula is C12H14N2O. The van der Waals surface area contributed by atoms with Crippen molar-refractivity contribution in [2.75, 3.05) is 0 Å². The molecule has 0 aromatic heterocycles. The van der Waals surface area contributed by atoms with Crippen LogP contribution in [-0.4, -0.2) is 10.9 Å². The van der Waals surface area contributed by atoms with Gasteiger partial charge < -0.3 is 5.21 Å². The molecule has 0 radical (unpaired) electrons. The molecule has 1 aromatic rings. The van der Waals surface area contributed by atoms with Crippen LogP contribution in [0.15, 0.2) is 29.4 Å². The Kier molecular flexibility index (Phi) is 3.11. The third kappa shape index (κ3) is 2.57. The fourth-order valence-electron chi connectivity index (χ4n) is 1.27. The van der Waals surface area contributed by atoms with Crippen LogP contribution in [0.4, 0.5) is 0 Å². The summed E-state index contributed by atoms with van der Waals surface area (Å²) in [5.74, 6) is 0. The smallest absolute Gasteiger partial charge is 0.186 e. The van der Waals surface area contributed by atoms with Crippen LogP contribution in [0, 0.1) is 11.3 Å². The summed E-state index contributed by atoms with van der Waals surface area (Å²) in [4.78, 5) is 0. The van der Waals surface area contributed by atoms with Gasteiger partial charge in [0.15, 0.2) is 5.71 Å². The van der Waals surface area contributed by atoms with Gasteiger partial charge in [-0.05, 0) is 11.0 Å². The summed E-state index contributed by atoms with van der Waals surface area (Å²) in [5, 5.41) is 20.2. The van der Waals surface area contributed by atoms with E-state index in [-0.39, 0.29) is 11.1 Å². The van der Waals surface area contributed by atoms with Gasteiger partial charge in [0.1, 0.15) is 6.07 Å². The third-order valence-corrected chi connectivity index (χ3v) is 2.23. The van der Waals surface area contributed by atoms with E-state index in [0.717, 1.165) is 0 Å². The maximum atomic E-state index is 8.67. The van der Waals surface area contributed by atoms with E-state index >= 15 is 0 Å². The van der Waals surface area contributed by atoms with Crippen molar-refractivity contribution < 1.29 is 5.21 Å². The van der Waals surface area contributed by atoms with Crippen molar-refractivity contribution in [3.8, 4) is 6.07 Å². The summed E-state index contributed by atoms with van der Waals surface area (Å²) < 4.78 is 0. The van der Waals surface area contributed by atoms with E-state index in [0.29, 0.717) is 5.56 Å². The monoisotopic (exact) mass is 202 g/mol. The highest BCUT2D eigenvalue weighted by atomic mass is 16.4. The molecule has 0 spiro atoms. The molecule has 0 bridgehead atoms. The molecule has 78 valence electrons. The van der Waals surface area contributed by atoms with Crippen LogP contribution in [0.25, 0.3) is 0 Å². The zero-order valence-electron chi connectivity index (χ0n) is 9.15. The highest BCUT2D eigenvalue weighted by Crippen LogP contribution is 2.22. The van der Waals surface area contributed by atoms with Crippen molar-refractivity contribution in [3.05, 3.63) is 35.4 Å². The van der Waals surface area contributed by atoms with Crippen LogP contribution < -0.4 is 0 Å². The van der Waals surface area contributed by atoms with E-state index in [9.17, 15) is 0 Å². The molecule has 3 heteroatoms. The molecule has 1 aromatic carbocycles. The molecule has 0 aliphatic carbocycles. The first-order valence-corrected chi connectivity index (χ1v) is 4.72. The summed E-state index contributed by atoms with van der Waals surface area (Å²) in [5.41, 5.74) is 1.94. The Morgan fingerprint density at radius 2 is 1.80 bits per heavy atom. The molecule has 3 nitrogen and oxygen atoms in total. The SMILES string of the molecule is CC(C)(C)c1ccc(/C(C#N)=N/O)cc1. The van der Waals surface area contributed by atoms with Gasteiger partial charge in [0, 0.05) is 5.56 Å². The highest BCUT2D eigenvalue weighted by Gasteiger charge is 2.13. The maximum Gasteiger partial charge on any atom is 0.186 e. The Morgan fingerprint density at radius 1 is 1.27 bits per heavy atom. The van der Waals surface area contributed by atoms with Gasteiger partial charge in [-0.1, -0.05) is 50.2 Å². The van der Waals surface area contributed by atoms with Gasteiger partial charge in [-0.25, -0.2) is 0 Å². The van der Waals surface area contributed by atoms with Crippen molar-refractivity contribution in [2.24, 2.45) is 5.16 Å². The number of rotatable bonds is 1. The normalized spacial score (nSPS) is 12.3. The lowest BCUT2D eigenvalue weighted by atomic mass is 9.86. The fraction of sp³-hybridized carbons (Fsp3) is 0.333. The van der Waals surface area contributed by atoms with Gasteiger partial charge in [-0.3, -0.25) is 0 Å². The minimum Gasteiger partial charge on any atom is -0.410 e. The number of nitrogens with zero attached hydrogens (tertiary/aromatic N) is 2. The van der Waals surface area contributed by atoms with Crippen LogP contribution in [0.3, 0.4) is 0 Å². The van der Waals surface area contributed by atoms with Crippen molar-refractivity contribution >= 4 is 5.71 Å². The maximum absolute atomic E-state index is 8.67. The minimum atomic E-state index is 0.0375. The fourth-order valence-corrected chi connectivity index (χ4v) is 1.27. The summed E-state index contributed by atoms with van der Waals surface area (Å²) in [6.07, 6.45) is 0. The van der Waals surface area contributed by atoms with Gasteiger partial charge in [0.25, 0.3) is 0 Å². The van der Waals surface area contributed by atoms with Gasteiger partial charge in [0.2, 0.25) is 0 Å². The minimum absolute atomic E-state index is 0.0375. The molecule has 0 saturated carbocycles. The number of nitriles is 1. The topological polar surface area (TPSA) is 56.4 Å². The van der Waals surface area contributed by atoms with Crippen LogP contribution in [0.2, 0.25) is 0 Å². The Balaban J connectivity index is 3.07.